The van der Waals surface area contributed by atoms with Crippen LogP contribution in [-0.4, -0.2) is 24.1 Å². The van der Waals surface area contributed by atoms with Gasteiger partial charge in [0.05, 0.1) is 6.42 Å². The van der Waals surface area contributed by atoms with Gasteiger partial charge in [0.15, 0.2) is 0 Å². The fourth-order valence-corrected chi connectivity index (χ4v) is 0.564. The highest BCUT2D eigenvalue weighted by Crippen LogP contribution is 1.95. The molecule has 0 fully saturated rings. The number of carbonyl (C=O) groups is 2. The fraction of sp³-hybridized carbons (Fsp3) is 0.750. The highest BCUT2D eigenvalue weighted by Gasteiger charge is 2.10. The summed E-state index contributed by atoms with van der Waals surface area (Å²) in [4.78, 5) is 21.2. The predicted molar refractivity (Wildman–Crippen MR) is 51.2 cm³/mol. The topological polar surface area (TPSA) is 93.4 Å². The Balaban J connectivity index is 3.52. The summed E-state index contributed by atoms with van der Waals surface area (Å²) in [7, 11) is 0. The van der Waals surface area contributed by atoms with E-state index < -0.39 is 6.09 Å². The van der Waals surface area contributed by atoms with Gasteiger partial charge in [-0.1, -0.05) is 0 Å². The second kappa shape index (κ2) is 5.43. The van der Waals surface area contributed by atoms with Crippen molar-refractivity contribution in [3.05, 3.63) is 0 Å². The molecule has 0 radical (unpaired) electrons. The number of carbonyl (C=O) groups excluding carboxylic acids is 2. The Kier molecular flexibility index (Phi) is 4.93. The molecule has 0 bridgehead atoms. The molecule has 0 heterocycles. The van der Waals surface area contributed by atoms with Crippen LogP contribution in [0.5, 0.6) is 0 Å². The number of hydrogen-bond acceptors (Lipinski definition) is 4. The van der Waals surface area contributed by atoms with Gasteiger partial charge in [-0.3, -0.25) is 10.2 Å². The molecule has 14 heavy (non-hydrogen) atoms. The molecule has 0 aromatic carbocycles. The number of amides is 2. The summed E-state index contributed by atoms with van der Waals surface area (Å²) in [5, 5.41) is 0. The van der Waals surface area contributed by atoms with E-state index in [4.69, 9.17) is 5.73 Å². The second-order valence-electron chi connectivity index (χ2n) is 3.84. The summed E-state index contributed by atoms with van der Waals surface area (Å²) in [6, 6.07) is 0. The minimum Gasteiger partial charge on any atom is -0.449 e. The quantitative estimate of drug-likeness (QED) is 0.556. The van der Waals surface area contributed by atoms with E-state index in [9.17, 15) is 9.59 Å². The van der Waals surface area contributed by atoms with Crippen molar-refractivity contribution in [3.8, 4) is 0 Å². The van der Waals surface area contributed by atoms with E-state index in [1.54, 1.807) is 0 Å². The fourth-order valence-electron chi connectivity index (χ4n) is 0.564. The van der Waals surface area contributed by atoms with E-state index in [1.165, 1.54) is 0 Å². The van der Waals surface area contributed by atoms with Gasteiger partial charge in [0, 0.05) is 5.54 Å². The van der Waals surface area contributed by atoms with Gasteiger partial charge >= 0.3 is 6.09 Å². The number of hydrogen-bond donors (Lipinski definition) is 3. The zero-order valence-corrected chi connectivity index (χ0v) is 8.72. The van der Waals surface area contributed by atoms with Crippen LogP contribution < -0.4 is 16.6 Å². The van der Waals surface area contributed by atoms with Crippen LogP contribution in [0.2, 0.25) is 0 Å². The highest BCUT2D eigenvalue weighted by molar-refractivity contribution is 5.75. The van der Waals surface area contributed by atoms with E-state index in [1.807, 2.05) is 20.8 Å². The Morgan fingerprint density at radius 3 is 2.36 bits per heavy atom. The molecule has 82 valence electrons. The number of nitrogens with two attached hydrogens (primary N) is 1. The molecule has 0 saturated heterocycles. The normalized spacial score (nSPS) is 10.8. The van der Waals surface area contributed by atoms with E-state index in [0.717, 1.165) is 0 Å². The Labute approximate surface area is 83.1 Å². The van der Waals surface area contributed by atoms with Crippen molar-refractivity contribution in [1.29, 1.82) is 0 Å². The number of hydrazine groups is 1. The van der Waals surface area contributed by atoms with Crippen molar-refractivity contribution >= 4 is 12.0 Å². The molecular weight excluding hydrogens is 186 g/mol. The molecule has 0 atom stereocenters. The SMILES string of the molecule is CC(C)(C)NNC(=O)CCOC(N)=O. The lowest BCUT2D eigenvalue weighted by atomic mass is 10.1. The van der Waals surface area contributed by atoms with Gasteiger partial charge in [-0.25, -0.2) is 10.2 Å². The lowest BCUT2D eigenvalue weighted by Gasteiger charge is -2.20. The molecule has 0 saturated carbocycles. The summed E-state index contributed by atoms with van der Waals surface area (Å²) in [5.74, 6) is -0.249. The molecule has 0 spiro atoms. The van der Waals surface area contributed by atoms with Crippen LogP contribution in [0.4, 0.5) is 4.79 Å². The van der Waals surface area contributed by atoms with Gasteiger partial charge in [0.2, 0.25) is 5.91 Å². The molecular formula is C8H17N3O3. The molecule has 4 N–H and O–H groups in total. The third kappa shape index (κ3) is 8.79. The average molecular weight is 203 g/mol. The van der Waals surface area contributed by atoms with Crippen LogP contribution in [-0.2, 0) is 9.53 Å². The Morgan fingerprint density at radius 1 is 1.36 bits per heavy atom. The zero-order chi connectivity index (χ0) is 11.2. The average Bonchev–Trinajstić information content (AvgIpc) is 1.99. The third-order valence-corrected chi connectivity index (χ3v) is 1.15. The smallest absolute Gasteiger partial charge is 0.404 e. The molecule has 6 heteroatoms. The van der Waals surface area contributed by atoms with Gasteiger partial charge in [-0.2, -0.15) is 0 Å². The molecule has 0 aliphatic carbocycles. The first-order valence-corrected chi connectivity index (χ1v) is 4.29. The molecule has 0 aliphatic heterocycles. The number of nitrogens with one attached hydrogen (secondary N) is 2. The van der Waals surface area contributed by atoms with Gasteiger partial charge in [-0.15, -0.1) is 0 Å². The number of rotatable bonds is 4. The molecule has 2 amide bonds. The predicted octanol–water partition coefficient (Wildman–Crippen LogP) is -0.109. The molecule has 0 aromatic rings. The van der Waals surface area contributed by atoms with Crippen LogP contribution >= 0.6 is 0 Å². The lowest BCUT2D eigenvalue weighted by Crippen LogP contribution is -2.49. The van der Waals surface area contributed by atoms with Crippen molar-refractivity contribution in [2.45, 2.75) is 32.7 Å². The first kappa shape index (κ1) is 12.7. The van der Waals surface area contributed by atoms with Crippen molar-refractivity contribution in [1.82, 2.24) is 10.9 Å². The Hall–Kier alpha value is -1.30. The molecule has 0 aromatic heterocycles. The van der Waals surface area contributed by atoms with Crippen LogP contribution in [0.15, 0.2) is 0 Å². The number of primary amides is 1. The van der Waals surface area contributed by atoms with Gasteiger partial charge < -0.3 is 10.5 Å². The second-order valence-corrected chi connectivity index (χ2v) is 3.84. The van der Waals surface area contributed by atoms with Crippen molar-refractivity contribution in [2.24, 2.45) is 5.73 Å². The summed E-state index contributed by atoms with van der Waals surface area (Å²) >= 11 is 0. The molecule has 0 aliphatic rings. The zero-order valence-electron chi connectivity index (χ0n) is 8.72. The van der Waals surface area contributed by atoms with E-state index >= 15 is 0 Å². The first-order valence-electron chi connectivity index (χ1n) is 4.29. The minimum atomic E-state index is -0.874. The molecule has 0 unspecified atom stereocenters. The van der Waals surface area contributed by atoms with Crippen LogP contribution in [0.3, 0.4) is 0 Å². The van der Waals surface area contributed by atoms with Crippen molar-refractivity contribution < 1.29 is 14.3 Å². The minimum absolute atomic E-state index is 0.00695. The third-order valence-electron chi connectivity index (χ3n) is 1.15. The maximum Gasteiger partial charge on any atom is 0.404 e. The largest absolute Gasteiger partial charge is 0.449 e. The van der Waals surface area contributed by atoms with Gasteiger partial charge in [-0.05, 0) is 20.8 Å². The van der Waals surface area contributed by atoms with Crippen LogP contribution in [0, 0.1) is 0 Å². The summed E-state index contributed by atoms with van der Waals surface area (Å²) < 4.78 is 4.39. The van der Waals surface area contributed by atoms with E-state index in [0.29, 0.717) is 0 Å². The highest BCUT2D eigenvalue weighted by atomic mass is 16.5. The van der Waals surface area contributed by atoms with Gasteiger partial charge in [0.1, 0.15) is 6.61 Å². The monoisotopic (exact) mass is 203 g/mol. The molecule has 6 nitrogen and oxygen atoms in total. The summed E-state index contributed by atoms with van der Waals surface area (Å²) in [5.41, 5.74) is 9.78. The summed E-state index contributed by atoms with van der Waals surface area (Å²) in [6.07, 6.45) is -0.784. The molecule has 0 rings (SSSR count). The number of ether oxygens (including phenoxy) is 1. The van der Waals surface area contributed by atoms with Gasteiger partial charge in [0.25, 0.3) is 0 Å². The van der Waals surface area contributed by atoms with Crippen LogP contribution in [0.25, 0.3) is 0 Å². The maximum absolute atomic E-state index is 11.1. The summed E-state index contributed by atoms with van der Waals surface area (Å²) in [6.45, 7) is 5.72. The van der Waals surface area contributed by atoms with Crippen molar-refractivity contribution in [3.63, 3.8) is 0 Å². The maximum atomic E-state index is 11.1. The van der Waals surface area contributed by atoms with E-state index in [2.05, 4.69) is 15.6 Å². The van der Waals surface area contributed by atoms with E-state index in [-0.39, 0.29) is 24.5 Å². The Morgan fingerprint density at radius 2 is 1.93 bits per heavy atom. The van der Waals surface area contributed by atoms with Crippen LogP contribution in [0.1, 0.15) is 27.2 Å². The lowest BCUT2D eigenvalue weighted by molar-refractivity contribution is -0.123. The first-order chi connectivity index (χ1) is 6.31. The Bertz CT molecular complexity index is 210. The van der Waals surface area contributed by atoms with Crippen molar-refractivity contribution in [2.75, 3.05) is 6.61 Å². The standard InChI is InChI=1S/C8H17N3O3/c1-8(2,3)11-10-6(12)4-5-14-7(9)13/h11H,4-5H2,1-3H3,(H2,9,13)(H,10,12).